The van der Waals surface area contributed by atoms with Crippen LogP contribution >= 0.6 is 0 Å². The molecular weight excluding hydrogens is 282 g/mol. The summed E-state index contributed by atoms with van der Waals surface area (Å²) in [6, 6.07) is 7.45. The van der Waals surface area contributed by atoms with Crippen LogP contribution in [0.2, 0.25) is 0 Å². The summed E-state index contributed by atoms with van der Waals surface area (Å²) in [7, 11) is 0. The number of fused-ring (bicyclic) bond motifs is 1. The highest BCUT2D eigenvalue weighted by molar-refractivity contribution is 5.87. The maximum atomic E-state index is 12.2. The predicted molar refractivity (Wildman–Crippen MR) is 81.4 cm³/mol. The molecule has 2 aromatic rings. The number of furan rings is 1. The Morgan fingerprint density at radius 3 is 2.55 bits per heavy atom. The molecule has 5 nitrogen and oxygen atoms in total. The van der Waals surface area contributed by atoms with Crippen LogP contribution in [0.1, 0.15) is 37.1 Å². The molecule has 1 amide bonds. The number of carbonyl (C=O) groups excluding carboxylic acids is 1. The number of carboxylic acid groups (broad SMARTS) is 1. The SMILES string of the molecule is Cc1c(C(C)NC(=O)C2CCC2C(=O)O)oc2ccccc12. The van der Waals surface area contributed by atoms with Crippen molar-refractivity contribution in [1.29, 1.82) is 0 Å². The first-order valence-corrected chi connectivity index (χ1v) is 7.50. The second kappa shape index (κ2) is 5.48. The number of carbonyl (C=O) groups is 2. The standard InChI is InChI=1S/C17H19NO4/c1-9-11-5-3-4-6-14(11)22-15(9)10(2)18-16(19)12-7-8-13(12)17(20)21/h3-6,10,12-13H,7-8H2,1-2H3,(H,18,19)(H,20,21). The Morgan fingerprint density at radius 1 is 1.27 bits per heavy atom. The molecule has 0 radical (unpaired) electrons. The zero-order valence-corrected chi connectivity index (χ0v) is 12.6. The van der Waals surface area contributed by atoms with Crippen molar-refractivity contribution in [1.82, 2.24) is 5.32 Å². The molecule has 2 N–H and O–H groups in total. The van der Waals surface area contributed by atoms with E-state index < -0.39 is 17.8 Å². The minimum absolute atomic E-state index is 0.203. The lowest BCUT2D eigenvalue weighted by molar-refractivity contribution is -0.153. The van der Waals surface area contributed by atoms with Crippen molar-refractivity contribution in [2.45, 2.75) is 32.7 Å². The number of hydrogen-bond donors (Lipinski definition) is 2. The van der Waals surface area contributed by atoms with Crippen LogP contribution in [0.3, 0.4) is 0 Å². The number of amides is 1. The normalized spacial score (nSPS) is 22.1. The largest absolute Gasteiger partial charge is 0.481 e. The smallest absolute Gasteiger partial charge is 0.307 e. The molecule has 5 heteroatoms. The zero-order valence-electron chi connectivity index (χ0n) is 12.6. The van der Waals surface area contributed by atoms with Gasteiger partial charge in [-0.2, -0.15) is 0 Å². The quantitative estimate of drug-likeness (QED) is 0.909. The van der Waals surface area contributed by atoms with Crippen molar-refractivity contribution in [3.63, 3.8) is 0 Å². The van der Waals surface area contributed by atoms with Crippen LogP contribution in [0.4, 0.5) is 0 Å². The maximum Gasteiger partial charge on any atom is 0.307 e. The highest BCUT2D eigenvalue weighted by Crippen LogP contribution is 2.35. The summed E-state index contributed by atoms with van der Waals surface area (Å²) in [5.74, 6) is -1.35. The fraction of sp³-hybridized carbons (Fsp3) is 0.412. The van der Waals surface area contributed by atoms with Crippen LogP contribution in [0.15, 0.2) is 28.7 Å². The van der Waals surface area contributed by atoms with Crippen LogP contribution in [0, 0.1) is 18.8 Å². The first-order valence-electron chi connectivity index (χ1n) is 7.50. The van der Waals surface area contributed by atoms with E-state index in [1.54, 1.807) is 0 Å². The summed E-state index contributed by atoms with van der Waals surface area (Å²) in [5, 5.41) is 13.0. The topological polar surface area (TPSA) is 79.5 Å². The second-order valence-corrected chi connectivity index (χ2v) is 5.95. The number of benzene rings is 1. The molecule has 1 aromatic heterocycles. The van der Waals surface area contributed by atoms with E-state index in [0.29, 0.717) is 12.8 Å². The third-order valence-corrected chi connectivity index (χ3v) is 4.56. The number of aryl methyl sites for hydroxylation is 1. The van der Waals surface area contributed by atoms with E-state index in [9.17, 15) is 9.59 Å². The molecule has 1 fully saturated rings. The molecule has 0 saturated heterocycles. The average molecular weight is 301 g/mol. The van der Waals surface area contributed by atoms with Gasteiger partial charge in [-0.25, -0.2) is 0 Å². The Labute approximate surface area is 128 Å². The van der Waals surface area contributed by atoms with E-state index in [0.717, 1.165) is 22.3 Å². The predicted octanol–water partition coefficient (Wildman–Crippen LogP) is 3.03. The Hall–Kier alpha value is -2.30. The molecule has 1 aromatic carbocycles. The van der Waals surface area contributed by atoms with Crippen LogP contribution in [0.25, 0.3) is 11.0 Å². The first kappa shape index (κ1) is 14.6. The van der Waals surface area contributed by atoms with E-state index in [-0.39, 0.29) is 11.9 Å². The number of aliphatic carboxylic acids is 1. The Kier molecular flexibility index (Phi) is 3.64. The minimum atomic E-state index is -0.890. The van der Waals surface area contributed by atoms with Crippen molar-refractivity contribution in [2.75, 3.05) is 0 Å². The summed E-state index contributed by atoms with van der Waals surface area (Å²) in [6.45, 7) is 3.82. The van der Waals surface area contributed by atoms with Crippen molar-refractivity contribution in [3.05, 3.63) is 35.6 Å². The summed E-state index contributed by atoms with van der Waals surface area (Å²) in [5.41, 5.74) is 1.80. The van der Waals surface area contributed by atoms with E-state index >= 15 is 0 Å². The summed E-state index contributed by atoms with van der Waals surface area (Å²) in [4.78, 5) is 23.3. The van der Waals surface area contributed by atoms with Gasteiger partial charge in [-0.15, -0.1) is 0 Å². The van der Waals surface area contributed by atoms with Gasteiger partial charge < -0.3 is 14.8 Å². The molecule has 1 aliphatic rings. The van der Waals surface area contributed by atoms with Gasteiger partial charge in [0.2, 0.25) is 5.91 Å². The van der Waals surface area contributed by atoms with Crippen LogP contribution < -0.4 is 5.32 Å². The Bertz CT molecular complexity index is 733. The van der Waals surface area contributed by atoms with Gasteiger partial charge >= 0.3 is 5.97 Å². The fourth-order valence-electron chi connectivity index (χ4n) is 3.10. The first-order chi connectivity index (χ1) is 10.5. The molecule has 1 saturated carbocycles. The van der Waals surface area contributed by atoms with Crippen molar-refractivity contribution in [2.24, 2.45) is 11.8 Å². The third-order valence-electron chi connectivity index (χ3n) is 4.56. The molecule has 0 spiro atoms. The highest BCUT2D eigenvalue weighted by Gasteiger charge is 2.41. The van der Waals surface area contributed by atoms with Gasteiger partial charge in [0.05, 0.1) is 17.9 Å². The molecule has 3 rings (SSSR count). The van der Waals surface area contributed by atoms with Crippen molar-refractivity contribution >= 4 is 22.8 Å². The van der Waals surface area contributed by atoms with Crippen LogP contribution in [0.5, 0.6) is 0 Å². The van der Waals surface area contributed by atoms with Gasteiger partial charge in [0.25, 0.3) is 0 Å². The summed E-state index contributed by atoms with van der Waals surface area (Å²) in [6.07, 6.45) is 1.21. The van der Waals surface area contributed by atoms with Gasteiger partial charge in [-0.3, -0.25) is 9.59 Å². The van der Waals surface area contributed by atoms with Crippen molar-refractivity contribution in [3.8, 4) is 0 Å². The summed E-state index contributed by atoms with van der Waals surface area (Å²) < 4.78 is 5.84. The Morgan fingerprint density at radius 2 is 1.95 bits per heavy atom. The maximum absolute atomic E-state index is 12.2. The number of hydrogen-bond acceptors (Lipinski definition) is 3. The lowest BCUT2D eigenvalue weighted by Crippen LogP contribution is -2.44. The summed E-state index contributed by atoms with van der Waals surface area (Å²) >= 11 is 0. The molecule has 1 heterocycles. The average Bonchev–Trinajstić information content (AvgIpc) is 2.74. The lowest BCUT2D eigenvalue weighted by atomic mass is 9.73. The molecule has 1 aliphatic carbocycles. The lowest BCUT2D eigenvalue weighted by Gasteiger charge is -2.32. The zero-order chi connectivity index (χ0) is 15.9. The van der Waals surface area contributed by atoms with Gasteiger partial charge in [0, 0.05) is 10.9 Å². The van der Waals surface area contributed by atoms with Crippen molar-refractivity contribution < 1.29 is 19.1 Å². The highest BCUT2D eigenvalue weighted by atomic mass is 16.4. The fourth-order valence-corrected chi connectivity index (χ4v) is 3.10. The molecule has 0 bridgehead atoms. The molecule has 3 unspecified atom stereocenters. The van der Waals surface area contributed by atoms with E-state index in [4.69, 9.17) is 9.52 Å². The number of para-hydroxylation sites is 1. The van der Waals surface area contributed by atoms with Gasteiger partial charge in [0.1, 0.15) is 11.3 Å². The monoisotopic (exact) mass is 301 g/mol. The molecule has 3 atom stereocenters. The van der Waals surface area contributed by atoms with Gasteiger partial charge in [0.15, 0.2) is 0 Å². The van der Waals surface area contributed by atoms with Gasteiger partial charge in [-0.05, 0) is 32.8 Å². The molecule has 116 valence electrons. The number of carboxylic acids is 1. The third kappa shape index (κ3) is 2.36. The van der Waals surface area contributed by atoms with E-state index in [2.05, 4.69) is 5.32 Å². The molecule has 0 aliphatic heterocycles. The van der Waals surface area contributed by atoms with E-state index in [1.807, 2.05) is 38.1 Å². The Balaban J connectivity index is 1.76. The van der Waals surface area contributed by atoms with Gasteiger partial charge in [-0.1, -0.05) is 18.2 Å². The minimum Gasteiger partial charge on any atom is -0.481 e. The van der Waals surface area contributed by atoms with E-state index in [1.165, 1.54) is 0 Å². The number of nitrogens with one attached hydrogen (secondary N) is 1. The second-order valence-electron chi connectivity index (χ2n) is 5.95. The van der Waals surface area contributed by atoms with Crippen LogP contribution in [-0.2, 0) is 9.59 Å². The number of rotatable bonds is 4. The van der Waals surface area contributed by atoms with Crippen LogP contribution in [-0.4, -0.2) is 17.0 Å². The molecule has 22 heavy (non-hydrogen) atoms. The molecular formula is C17H19NO4.